The minimum absolute atomic E-state index is 0.0557. The van der Waals surface area contributed by atoms with E-state index >= 15 is 0 Å². The smallest absolute Gasteiger partial charge is 0.262 e. The summed E-state index contributed by atoms with van der Waals surface area (Å²) >= 11 is 5.95. The standard InChI is InChI=1S/C21H22ClNO2/c1-13-19(21(2,3)4)17-12-16(25-5)10-11-18(17)23(13)20(24)14-6-8-15(22)9-7-14/h6-12H,1-5H3. The predicted octanol–water partition coefficient (Wildman–Crippen LogP) is 5.60. The van der Waals surface area contributed by atoms with Crippen LogP contribution in [0.15, 0.2) is 42.5 Å². The zero-order valence-corrected chi connectivity index (χ0v) is 15.9. The molecule has 130 valence electrons. The molecule has 25 heavy (non-hydrogen) atoms. The molecule has 0 radical (unpaired) electrons. The summed E-state index contributed by atoms with van der Waals surface area (Å²) in [6, 6.07) is 12.8. The van der Waals surface area contributed by atoms with Crippen molar-refractivity contribution in [3.63, 3.8) is 0 Å². The molecule has 0 atom stereocenters. The van der Waals surface area contributed by atoms with Gasteiger partial charge in [-0.15, -0.1) is 0 Å². The highest BCUT2D eigenvalue weighted by Gasteiger charge is 2.27. The molecule has 1 aromatic heterocycles. The van der Waals surface area contributed by atoms with Gasteiger partial charge in [-0.25, -0.2) is 0 Å². The number of ether oxygens (including phenoxy) is 1. The van der Waals surface area contributed by atoms with E-state index in [1.807, 2.05) is 25.1 Å². The summed E-state index contributed by atoms with van der Waals surface area (Å²) in [7, 11) is 1.65. The van der Waals surface area contributed by atoms with Gasteiger partial charge >= 0.3 is 0 Å². The zero-order chi connectivity index (χ0) is 18.4. The van der Waals surface area contributed by atoms with E-state index in [1.54, 1.807) is 35.9 Å². The van der Waals surface area contributed by atoms with Gasteiger partial charge in [0, 0.05) is 21.7 Å². The molecular formula is C21H22ClNO2. The zero-order valence-electron chi connectivity index (χ0n) is 15.2. The van der Waals surface area contributed by atoms with Crippen molar-refractivity contribution in [2.75, 3.05) is 7.11 Å². The molecule has 3 aromatic rings. The maximum absolute atomic E-state index is 13.2. The summed E-state index contributed by atoms with van der Waals surface area (Å²) in [6.07, 6.45) is 0. The maximum Gasteiger partial charge on any atom is 0.262 e. The number of aromatic nitrogens is 1. The molecule has 3 nitrogen and oxygen atoms in total. The molecular weight excluding hydrogens is 334 g/mol. The summed E-state index contributed by atoms with van der Waals surface area (Å²) < 4.78 is 7.18. The summed E-state index contributed by atoms with van der Waals surface area (Å²) in [4.78, 5) is 13.2. The van der Waals surface area contributed by atoms with Crippen molar-refractivity contribution >= 4 is 28.4 Å². The number of fused-ring (bicyclic) bond motifs is 1. The summed E-state index contributed by atoms with van der Waals surface area (Å²) in [5.74, 6) is 0.730. The maximum atomic E-state index is 13.2. The minimum Gasteiger partial charge on any atom is -0.497 e. The van der Waals surface area contributed by atoms with Crippen molar-refractivity contribution < 1.29 is 9.53 Å². The summed E-state index contributed by atoms with van der Waals surface area (Å²) in [6.45, 7) is 8.48. The van der Waals surface area contributed by atoms with E-state index in [0.717, 1.165) is 27.9 Å². The highest BCUT2D eigenvalue weighted by Crippen LogP contribution is 2.37. The Labute approximate surface area is 153 Å². The third kappa shape index (κ3) is 3.05. The van der Waals surface area contributed by atoms with Crippen molar-refractivity contribution in [3.8, 4) is 5.75 Å². The fraction of sp³-hybridized carbons (Fsp3) is 0.286. The van der Waals surface area contributed by atoms with Gasteiger partial charge < -0.3 is 4.74 Å². The number of nitrogens with zero attached hydrogens (tertiary/aromatic N) is 1. The highest BCUT2D eigenvalue weighted by atomic mass is 35.5. The van der Waals surface area contributed by atoms with Crippen LogP contribution in [-0.4, -0.2) is 17.6 Å². The van der Waals surface area contributed by atoms with Gasteiger partial charge in [-0.3, -0.25) is 9.36 Å². The topological polar surface area (TPSA) is 31.2 Å². The van der Waals surface area contributed by atoms with Crippen LogP contribution in [0.4, 0.5) is 0 Å². The van der Waals surface area contributed by atoms with E-state index in [4.69, 9.17) is 16.3 Å². The fourth-order valence-electron chi connectivity index (χ4n) is 3.45. The number of hydrogen-bond donors (Lipinski definition) is 0. The van der Waals surface area contributed by atoms with Gasteiger partial charge in [0.1, 0.15) is 5.75 Å². The number of carbonyl (C=O) groups excluding carboxylic acids is 1. The van der Waals surface area contributed by atoms with E-state index in [2.05, 4.69) is 20.8 Å². The lowest BCUT2D eigenvalue weighted by Gasteiger charge is -2.20. The van der Waals surface area contributed by atoms with Crippen LogP contribution in [0, 0.1) is 6.92 Å². The lowest BCUT2D eigenvalue weighted by atomic mass is 9.85. The molecule has 0 bridgehead atoms. The average Bonchev–Trinajstić information content (AvgIpc) is 2.85. The molecule has 0 N–H and O–H groups in total. The van der Waals surface area contributed by atoms with Gasteiger partial charge in [0.25, 0.3) is 5.91 Å². The molecule has 0 unspecified atom stereocenters. The van der Waals surface area contributed by atoms with Crippen LogP contribution in [0.2, 0.25) is 5.02 Å². The monoisotopic (exact) mass is 355 g/mol. The van der Waals surface area contributed by atoms with E-state index in [9.17, 15) is 4.79 Å². The molecule has 0 aliphatic carbocycles. The Morgan fingerprint density at radius 1 is 1.08 bits per heavy atom. The summed E-state index contributed by atoms with van der Waals surface area (Å²) in [5.41, 5.74) is 3.52. The molecule has 0 amide bonds. The van der Waals surface area contributed by atoms with Crippen molar-refractivity contribution in [2.45, 2.75) is 33.1 Å². The first-order chi connectivity index (χ1) is 11.7. The van der Waals surface area contributed by atoms with Crippen LogP contribution in [-0.2, 0) is 5.41 Å². The minimum atomic E-state index is -0.0970. The van der Waals surface area contributed by atoms with Crippen LogP contribution in [0.3, 0.4) is 0 Å². The largest absolute Gasteiger partial charge is 0.497 e. The van der Waals surface area contributed by atoms with E-state index in [0.29, 0.717) is 10.6 Å². The van der Waals surface area contributed by atoms with Gasteiger partial charge in [0.05, 0.1) is 12.6 Å². The van der Waals surface area contributed by atoms with Crippen molar-refractivity contribution in [2.24, 2.45) is 0 Å². The Morgan fingerprint density at radius 2 is 1.72 bits per heavy atom. The molecule has 0 aliphatic heterocycles. The van der Waals surface area contributed by atoms with Crippen LogP contribution in [0.1, 0.15) is 42.4 Å². The van der Waals surface area contributed by atoms with Crippen LogP contribution in [0.25, 0.3) is 10.9 Å². The third-order valence-corrected chi connectivity index (χ3v) is 4.71. The van der Waals surface area contributed by atoms with Crippen LogP contribution in [0.5, 0.6) is 5.75 Å². The van der Waals surface area contributed by atoms with Crippen molar-refractivity contribution in [1.29, 1.82) is 0 Å². The van der Waals surface area contributed by atoms with Gasteiger partial charge in [-0.2, -0.15) is 0 Å². The molecule has 0 fully saturated rings. The first kappa shape index (κ1) is 17.6. The van der Waals surface area contributed by atoms with Gasteiger partial charge in [-0.05, 0) is 60.4 Å². The van der Waals surface area contributed by atoms with Crippen molar-refractivity contribution in [3.05, 3.63) is 64.3 Å². The molecule has 0 saturated carbocycles. The molecule has 4 heteroatoms. The van der Waals surface area contributed by atoms with E-state index < -0.39 is 0 Å². The number of rotatable bonds is 2. The van der Waals surface area contributed by atoms with Gasteiger partial charge in [-0.1, -0.05) is 32.4 Å². The quantitative estimate of drug-likeness (QED) is 0.599. The van der Waals surface area contributed by atoms with Gasteiger partial charge in [0.15, 0.2) is 0 Å². The second-order valence-electron chi connectivity index (χ2n) is 7.24. The number of hydrogen-bond acceptors (Lipinski definition) is 2. The summed E-state index contributed by atoms with van der Waals surface area (Å²) in [5, 5.41) is 1.66. The second-order valence-corrected chi connectivity index (χ2v) is 7.68. The first-order valence-electron chi connectivity index (χ1n) is 8.24. The molecule has 1 heterocycles. The van der Waals surface area contributed by atoms with Crippen LogP contribution >= 0.6 is 11.6 Å². The third-order valence-electron chi connectivity index (χ3n) is 4.46. The Kier molecular flexibility index (Phi) is 4.38. The van der Waals surface area contributed by atoms with E-state index in [-0.39, 0.29) is 11.3 Å². The average molecular weight is 356 g/mol. The molecule has 0 saturated heterocycles. The number of benzene rings is 2. The SMILES string of the molecule is COc1ccc2c(c1)c(C(C)(C)C)c(C)n2C(=O)c1ccc(Cl)cc1. The first-order valence-corrected chi connectivity index (χ1v) is 8.61. The van der Waals surface area contributed by atoms with Crippen LogP contribution < -0.4 is 4.74 Å². The number of carbonyl (C=O) groups is 1. The van der Waals surface area contributed by atoms with E-state index in [1.165, 1.54) is 0 Å². The molecule has 0 spiro atoms. The Hall–Kier alpha value is -2.26. The molecule has 0 aliphatic rings. The molecule has 2 aromatic carbocycles. The number of methoxy groups -OCH3 is 1. The highest BCUT2D eigenvalue weighted by molar-refractivity contribution is 6.30. The Morgan fingerprint density at radius 3 is 2.28 bits per heavy atom. The van der Waals surface area contributed by atoms with Gasteiger partial charge in [0.2, 0.25) is 0 Å². The Balaban J connectivity index is 2.30. The van der Waals surface area contributed by atoms with Crippen molar-refractivity contribution in [1.82, 2.24) is 4.57 Å². The normalized spacial score (nSPS) is 11.8. The number of halogens is 1. The lowest BCUT2D eigenvalue weighted by molar-refractivity contribution is 0.0963. The lowest BCUT2D eigenvalue weighted by Crippen LogP contribution is -2.17. The predicted molar refractivity (Wildman–Crippen MR) is 103 cm³/mol. The fourth-order valence-corrected chi connectivity index (χ4v) is 3.58. The Bertz CT molecular complexity index is 947. The molecule has 3 rings (SSSR count). The second kappa shape index (κ2) is 6.23.